The lowest BCUT2D eigenvalue weighted by Crippen LogP contribution is -2.52. The number of rotatable bonds is 6. The van der Waals surface area contributed by atoms with E-state index in [9.17, 15) is 4.79 Å². The van der Waals surface area contributed by atoms with Crippen LogP contribution in [0.2, 0.25) is 0 Å². The van der Waals surface area contributed by atoms with E-state index in [-0.39, 0.29) is 5.91 Å². The van der Waals surface area contributed by atoms with Gasteiger partial charge in [0.1, 0.15) is 5.75 Å². The van der Waals surface area contributed by atoms with E-state index in [1.165, 1.54) is 16.3 Å². The largest absolute Gasteiger partial charge is 0.481 e. The molecule has 1 unspecified atom stereocenters. The fraction of sp³-hybridized carbons (Fsp3) is 0.276. The van der Waals surface area contributed by atoms with Crippen molar-refractivity contribution < 1.29 is 9.53 Å². The summed E-state index contributed by atoms with van der Waals surface area (Å²) in [6, 6.07) is 26.6. The molecule has 0 spiro atoms. The summed E-state index contributed by atoms with van der Waals surface area (Å²) in [6.07, 6.45) is 0.463. The fourth-order valence-corrected chi connectivity index (χ4v) is 4.47. The molecule has 1 amide bonds. The SMILES string of the molecule is CCc1ccc(OC(C)C(=O)N2CCN(c3ccc(-c4ccc5ccccc5c4)nn3)CC2)cc1. The summed E-state index contributed by atoms with van der Waals surface area (Å²) in [5, 5.41) is 11.4. The van der Waals surface area contributed by atoms with Gasteiger partial charge in [0, 0.05) is 31.7 Å². The molecule has 1 aliphatic heterocycles. The second kappa shape index (κ2) is 10.1. The van der Waals surface area contributed by atoms with E-state index in [2.05, 4.69) is 52.4 Å². The topological polar surface area (TPSA) is 58.6 Å². The van der Waals surface area contributed by atoms with Crippen molar-refractivity contribution in [3.8, 4) is 17.0 Å². The molecule has 0 bridgehead atoms. The maximum absolute atomic E-state index is 12.9. The maximum atomic E-state index is 12.9. The highest BCUT2D eigenvalue weighted by Crippen LogP contribution is 2.24. The molecule has 2 heterocycles. The number of ether oxygens (including phenoxy) is 1. The number of hydrogen-bond acceptors (Lipinski definition) is 5. The first kappa shape index (κ1) is 22.8. The Labute approximate surface area is 206 Å². The summed E-state index contributed by atoms with van der Waals surface area (Å²) in [6.45, 7) is 6.64. The number of amides is 1. The van der Waals surface area contributed by atoms with Gasteiger partial charge in [-0.15, -0.1) is 10.2 Å². The van der Waals surface area contributed by atoms with Crippen LogP contribution >= 0.6 is 0 Å². The minimum absolute atomic E-state index is 0.0157. The highest BCUT2D eigenvalue weighted by atomic mass is 16.5. The Bertz CT molecular complexity index is 1300. The van der Waals surface area contributed by atoms with Gasteiger partial charge in [-0.1, -0.05) is 55.5 Å². The molecule has 1 fully saturated rings. The second-order valence-electron chi connectivity index (χ2n) is 8.91. The predicted molar refractivity (Wildman–Crippen MR) is 140 cm³/mol. The van der Waals surface area contributed by atoms with Gasteiger partial charge in [-0.3, -0.25) is 4.79 Å². The van der Waals surface area contributed by atoms with Crippen LogP contribution in [-0.2, 0) is 11.2 Å². The number of hydrogen-bond donors (Lipinski definition) is 0. The summed E-state index contributed by atoms with van der Waals surface area (Å²) < 4.78 is 5.90. The lowest BCUT2D eigenvalue weighted by atomic mass is 10.1. The Morgan fingerprint density at radius 3 is 2.31 bits per heavy atom. The number of fused-ring (bicyclic) bond motifs is 1. The van der Waals surface area contributed by atoms with Crippen molar-refractivity contribution in [2.45, 2.75) is 26.4 Å². The van der Waals surface area contributed by atoms with Crippen LogP contribution in [-0.4, -0.2) is 53.3 Å². The van der Waals surface area contributed by atoms with Crippen molar-refractivity contribution in [2.75, 3.05) is 31.1 Å². The minimum Gasteiger partial charge on any atom is -0.481 e. The standard InChI is InChI=1S/C29H30N4O2/c1-3-22-8-12-26(13-9-22)35-21(2)29(34)33-18-16-32(17-19-33)28-15-14-27(30-31-28)25-11-10-23-6-4-5-7-24(23)20-25/h4-15,20-21H,3,16-19H2,1-2H3. The van der Waals surface area contributed by atoms with Crippen LogP contribution < -0.4 is 9.64 Å². The molecule has 6 nitrogen and oxygen atoms in total. The summed E-state index contributed by atoms with van der Waals surface area (Å²) in [7, 11) is 0. The van der Waals surface area contributed by atoms with Gasteiger partial charge in [0.25, 0.3) is 5.91 Å². The average molecular weight is 467 g/mol. The van der Waals surface area contributed by atoms with E-state index in [0.717, 1.165) is 29.2 Å². The van der Waals surface area contributed by atoms with Gasteiger partial charge >= 0.3 is 0 Å². The van der Waals surface area contributed by atoms with Gasteiger partial charge in [-0.25, -0.2) is 0 Å². The van der Waals surface area contributed by atoms with Crippen molar-refractivity contribution in [3.63, 3.8) is 0 Å². The molecular weight excluding hydrogens is 436 g/mol. The number of carbonyl (C=O) groups is 1. The minimum atomic E-state index is -0.518. The molecule has 0 N–H and O–H groups in total. The molecule has 1 atom stereocenters. The Kier molecular flexibility index (Phi) is 6.62. The van der Waals surface area contributed by atoms with E-state index < -0.39 is 6.10 Å². The van der Waals surface area contributed by atoms with Crippen LogP contribution in [0.4, 0.5) is 5.82 Å². The highest BCUT2D eigenvalue weighted by Gasteiger charge is 2.26. The van der Waals surface area contributed by atoms with Crippen molar-refractivity contribution in [3.05, 3.63) is 84.4 Å². The van der Waals surface area contributed by atoms with Gasteiger partial charge in [0.2, 0.25) is 0 Å². The van der Waals surface area contributed by atoms with Crippen molar-refractivity contribution in [1.29, 1.82) is 0 Å². The molecule has 1 aromatic heterocycles. The number of piperazine rings is 1. The summed E-state index contributed by atoms with van der Waals surface area (Å²) >= 11 is 0. The number of benzene rings is 3. The van der Waals surface area contributed by atoms with Crippen LogP contribution in [0.5, 0.6) is 5.75 Å². The molecule has 35 heavy (non-hydrogen) atoms. The third kappa shape index (κ3) is 5.11. The lowest BCUT2D eigenvalue weighted by Gasteiger charge is -2.36. The quantitative estimate of drug-likeness (QED) is 0.401. The number of anilines is 1. The van der Waals surface area contributed by atoms with Gasteiger partial charge in [0.05, 0.1) is 5.69 Å². The molecular formula is C29H30N4O2. The first-order valence-corrected chi connectivity index (χ1v) is 12.2. The molecule has 6 heteroatoms. The van der Waals surface area contributed by atoms with Gasteiger partial charge in [-0.05, 0) is 60.0 Å². The lowest BCUT2D eigenvalue weighted by molar-refractivity contribution is -0.138. The summed E-state index contributed by atoms with van der Waals surface area (Å²) in [5.41, 5.74) is 3.16. The number of nitrogens with zero attached hydrogens (tertiary/aromatic N) is 4. The molecule has 0 saturated carbocycles. The average Bonchev–Trinajstić information content (AvgIpc) is 2.93. The monoisotopic (exact) mass is 466 g/mol. The Balaban J connectivity index is 1.17. The van der Waals surface area contributed by atoms with Crippen LogP contribution in [0.25, 0.3) is 22.0 Å². The molecule has 4 aromatic rings. The third-order valence-corrected chi connectivity index (χ3v) is 6.60. The molecule has 0 aliphatic carbocycles. The summed E-state index contributed by atoms with van der Waals surface area (Å²) in [5.74, 6) is 1.58. The van der Waals surface area contributed by atoms with Crippen LogP contribution in [0.15, 0.2) is 78.9 Å². The van der Waals surface area contributed by atoms with Gasteiger partial charge in [-0.2, -0.15) is 0 Å². The van der Waals surface area contributed by atoms with Crippen molar-refractivity contribution >= 4 is 22.5 Å². The molecule has 5 rings (SSSR count). The smallest absolute Gasteiger partial charge is 0.263 e. The van der Waals surface area contributed by atoms with Crippen LogP contribution in [0, 0.1) is 0 Å². The van der Waals surface area contributed by atoms with E-state index >= 15 is 0 Å². The number of carbonyl (C=O) groups excluding carboxylic acids is 1. The highest BCUT2D eigenvalue weighted by molar-refractivity contribution is 5.86. The molecule has 0 radical (unpaired) electrons. The number of aryl methyl sites for hydroxylation is 1. The van der Waals surface area contributed by atoms with E-state index in [1.54, 1.807) is 0 Å². The zero-order valence-electron chi connectivity index (χ0n) is 20.2. The Morgan fingerprint density at radius 2 is 1.63 bits per heavy atom. The molecule has 1 saturated heterocycles. The van der Waals surface area contributed by atoms with Crippen LogP contribution in [0.1, 0.15) is 19.4 Å². The van der Waals surface area contributed by atoms with Crippen molar-refractivity contribution in [2.24, 2.45) is 0 Å². The summed E-state index contributed by atoms with van der Waals surface area (Å²) in [4.78, 5) is 17.0. The number of aromatic nitrogens is 2. The fourth-order valence-electron chi connectivity index (χ4n) is 4.47. The molecule has 178 valence electrons. The predicted octanol–water partition coefficient (Wildman–Crippen LogP) is 4.98. The second-order valence-corrected chi connectivity index (χ2v) is 8.91. The first-order valence-electron chi connectivity index (χ1n) is 12.2. The van der Waals surface area contributed by atoms with E-state index in [1.807, 2.05) is 60.4 Å². The Morgan fingerprint density at radius 1 is 0.886 bits per heavy atom. The molecule has 3 aromatic carbocycles. The first-order chi connectivity index (χ1) is 17.1. The van der Waals surface area contributed by atoms with Gasteiger partial charge < -0.3 is 14.5 Å². The maximum Gasteiger partial charge on any atom is 0.263 e. The van der Waals surface area contributed by atoms with Gasteiger partial charge in [0.15, 0.2) is 11.9 Å². The van der Waals surface area contributed by atoms with Crippen molar-refractivity contribution in [1.82, 2.24) is 15.1 Å². The normalized spacial score (nSPS) is 14.7. The molecule has 1 aliphatic rings. The van der Waals surface area contributed by atoms with Crippen LogP contribution in [0.3, 0.4) is 0 Å². The van der Waals surface area contributed by atoms with E-state index in [0.29, 0.717) is 26.2 Å². The zero-order chi connectivity index (χ0) is 24.2. The Hall–Kier alpha value is -3.93. The zero-order valence-corrected chi connectivity index (χ0v) is 20.2. The third-order valence-electron chi connectivity index (χ3n) is 6.60. The van der Waals surface area contributed by atoms with E-state index in [4.69, 9.17) is 4.74 Å².